The SMILES string of the molecule is Cc1cc(C(=O)NCCN=[N+]=[N-])c(C)o1. The summed E-state index contributed by atoms with van der Waals surface area (Å²) in [5.41, 5.74) is 8.55. The van der Waals surface area contributed by atoms with E-state index < -0.39 is 0 Å². The minimum atomic E-state index is -0.211. The summed E-state index contributed by atoms with van der Waals surface area (Å²) in [6.07, 6.45) is 0. The lowest BCUT2D eigenvalue weighted by Gasteiger charge is -2.00. The lowest BCUT2D eigenvalue weighted by molar-refractivity contribution is 0.0953. The van der Waals surface area contributed by atoms with Crippen molar-refractivity contribution in [3.05, 3.63) is 33.6 Å². The topological polar surface area (TPSA) is 91.0 Å². The van der Waals surface area contributed by atoms with Gasteiger partial charge >= 0.3 is 0 Å². The highest BCUT2D eigenvalue weighted by Gasteiger charge is 2.12. The Morgan fingerprint density at radius 1 is 1.67 bits per heavy atom. The van der Waals surface area contributed by atoms with Gasteiger partial charge in [0.1, 0.15) is 11.5 Å². The number of azide groups is 1. The Kier molecular flexibility index (Phi) is 3.76. The fourth-order valence-electron chi connectivity index (χ4n) is 1.22. The fourth-order valence-corrected chi connectivity index (χ4v) is 1.22. The number of amides is 1. The van der Waals surface area contributed by atoms with Crippen LogP contribution in [-0.4, -0.2) is 19.0 Å². The van der Waals surface area contributed by atoms with Crippen LogP contribution < -0.4 is 5.32 Å². The first-order valence-electron chi connectivity index (χ1n) is 4.51. The number of rotatable bonds is 4. The molecule has 6 nitrogen and oxygen atoms in total. The van der Waals surface area contributed by atoms with E-state index in [0.29, 0.717) is 23.6 Å². The number of hydrogen-bond donors (Lipinski definition) is 1. The summed E-state index contributed by atoms with van der Waals surface area (Å²) < 4.78 is 5.22. The normalized spacial score (nSPS) is 9.47. The van der Waals surface area contributed by atoms with Gasteiger partial charge in [-0.3, -0.25) is 4.79 Å². The van der Waals surface area contributed by atoms with Crippen molar-refractivity contribution >= 4 is 5.91 Å². The average Bonchev–Trinajstić information content (AvgIpc) is 2.52. The Morgan fingerprint density at radius 3 is 2.93 bits per heavy atom. The maximum absolute atomic E-state index is 11.5. The zero-order valence-electron chi connectivity index (χ0n) is 8.65. The molecule has 0 spiro atoms. The van der Waals surface area contributed by atoms with E-state index in [1.807, 2.05) is 0 Å². The third kappa shape index (κ3) is 3.03. The molecule has 1 amide bonds. The van der Waals surface area contributed by atoms with Gasteiger partial charge in [-0.25, -0.2) is 0 Å². The van der Waals surface area contributed by atoms with Crippen LogP contribution in [0.3, 0.4) is 0 Å². The number of hydrogen-bond acceptors (Lipinski definition) is 3. The Bertz CT molecular complexity index is 404. The molecule has 1 N–H and O–H groups in total. The molecule has 6 heteroatoms. The lowest BCUT2D eigenvalue weighted by atomic mass is 10.2. The minimum Gasteiger partial charge on any atom is -0.466 e. The first-order chi connectivity index (χ1) is 7.15. The predicted molar refractivity (Wildman–Crippen MR) is 54.5 cm³/mol. The average molecular weight is 208 g/mol. The van der Waals surface area contributed by atoms with Gasteiger partial charge in [-0.1, -0.05) is 5.11 Å². The van der Waals surface area contributed by atoms with Gasteiger partial charge < -0.3 is 9.73 Å². The molecule has 1 rings (SSSR count). The molecule has 0 aromatic carbocycles. The second kappa shape index (κ2) is 5.07. The van der Waals surface area contributed by atoms with Gasteiger partial charge in [-0.2, -0.15) is 0 Å². The van der Waals surface area contributed by atoms with Crippen molar-refractivity contribution in [2.45, 2.75) is 13.8 Å². The molecule has 0 saturated carbocycles. The molecule has 1 aromatic heterocycles. The second-order valence-electron chi connectivity index (χ2n) is 3.04. The van der Waals surface area contributed by atoms with Crippen molar-refractivity contribution in [3.8, 4) is 0 Å². The van der Waals surface area contributed by atoms with Crippen LogP contribution in [0.5, 0.6) is 0 Å². The zero-order chi connectivity index (χ0) is 11.3. The van der Waals surface area contributed by atoms with Gasteiger partial charge in [-0.15, -0.1) is 0 Å². The van der Waals surface area contributed by atoms with Crippen LogP contribution in [0, 0.1) is 13.8 Å². The number of aryl methyl sites for hydroxylation is 2. The highest BCUT2D eigenvalue weighted by Crippen LogP contribution is 2.12. The third-order valence-electron chi connectivity index (χ3n) is 1.85. The van der Waals surface area contributed by atoms with Crippen molar-refractivity contribution in [2.24, 2.45) is 5.11 Å². The van der Waals surface area contributed by atoms with Gasteiger partial charge in [0, 0.05) is 18.0 Å². The van der Waals surface area contributed by atoms with Crippen LogP contribution in [-0.2, 0) is 0 Å². The molecule has 0 aliphatic carbocycles. The maximum atomic E-state index is 11.5. The summed E-state index contributed by atoms with van der Waals surface area (Å²) in [7, 11) is 0. The van der Waals surface area contributed by atoms with Crippen molar-refractivity contribution in [1.82, 2.24) is 5.32 Å². The molecule has 0 aliphatic heterocycles. The minimum absolute atomic E-state index is 0.211. The number of furan rings is 1. The van der Waals surface area contributed by atoms with Gasteiger partial charge in [0.15, 0.2) is 0 Å². The highest BCUT2D eigenvalue weighted by atomic mass is 16.3. The van der Waals surface area contributed by atoms with E-state index in [-0.39, 0.29) is 12.5 Å². The van der Waals surface area contributed by atoms with Gasteiger partial charge in [-0.05, 0) is 25.4 Å². The first-order valence-corrected chi connectivity index (χ1v) is 4.51. The molecule has 80 valence electrons. The largest absolute Gasteiger partial charge is 0.466 e. The molecule has 0 fully saturated rings. The summed E-state index contributed by atoms with van der Waals surface area (Å²) in [4.78, 5) is 14.1. The molecule has 0 radical (unpaired) electrons. The van der Waals surface area contributed by atoms with Crippen molar-refractivity contribution < 1.29 is 9.21 Å². The van der Waals surface area contributed by atoms with Crippen LogP contribution in [0.1, 0.15) is 21.9 Å². The smallest absolute Gasteiger partial charge is 0.254 e. The van der Waals surface area contributed by atoms with E-state index in [2.05, 4.69) is 15.3 Å². The van der Waals surface area contributed by atoms with E-state index in [1.165, 1.54) is 0 Å². The molecule has 15 heavy (non-hydrogen) atoms. The number of nitrogens with zero attached hydrogens (tertiary/aromatic N) is 3. The predicted octanol–water partition coefficient (Wildman–Crippen LogP) is 1.94. The third-order valence-corrected chi connectivity index (χ3v) is 1.85. The Morgan fingerprint density at radius 2 is 2.40 bits per heavy atom. The van der Waals surface area contributed by atoms with Crippen LogP contribution >= 0.6 is 0 Å². The van der Waals surface area contributed by atoms with Gasteiger partial charge in [0.05, 0.1) is 5.56 Å². The fraction of sp³-hybridized carbons (Fsp3) is 0.444. The molecule has 0 unspecified atom stereocenters. The summed E-state index contributed by atoms with van der Waals surface area (Å²) in [5.74, 6) is 1.08. The number of nitrogens with one attached hydrogen (secondary N) is 1. The number of carbonyl (C=O) groups is 1. The summed E-state index contributed by atoms with van der Waals surface area (Å²) in [6.45, 7) is 4.09. The monoisotopic (exact) mass is 208 g/mol. The summed E-state index contributed by atoms with van der Waals surface area (Å²) in [5, 5.41) is 5.93. The molecule has 1 heterocycles. The number of carbonyl (C=O) groups excluding carboxylic acids is 1. The molecule has 0 bridgehead atoms. The van der Waals surface area contributed by atoms with Crippen LogP contribution in [0.25, 0.3) is 10.4 Å². The molecular weight excluding hydrogens is 196 g/mol. The first kappa shape index (κ1) is 11.1. The quantitative estimate of drug-likeness (QED) is 0.354. The molecule has 1 aromatic rings. The van der Waals surface area contributed by atoms with Crippen molar-refractivity contribution in [1.29, 1.82) is 0 Å². The summed E-state index contributed by atoms with van der Waals surface area (Å²) >= 11 is 0. The Labute approximate surface area is 86.9 Å². The van der Waals surface area contributed by atoms with Gasteiger partial charge in [0.25, 0.3) is 5.91 Å². The van der Waals surface area contributed by atoms with Crippen LogP contribution in [0.2, 0.25) is 0 Å². The highest BCUT2D eigenvalue weighted by molar-refractivity contribution is 5.95. The van der Waals surface area contributed by atoms with Crippen LogP contribution in [0.4, 0.5) is 0 Å². The van der Waals surface area contributed by atoms with Crippen molar-refractivity contribution in [2.75, 3.05) is 13.1 Å². The molecule has 0 saturated heterocycles. The van der Waals surface area contributed by atoms with Gasteiger partial charge in [0.2, 0.25) is 0 Å². The van der Waals surface area contributed by atoms with E-state index in [4.69, 9.17) is 9.95 Å². The van der Waals surface area contributed by atoms with E-state index in [1.54, 1.807) is 19.9 Å². The van der Waals surface area contributed by atoms with E-state index >= 15 is 0 Å². The summed E-state index contributed by atoms with van der Waals surface area (Å²) in [6, 6.07) is 1.68. The molecule has 0 atom stereocenters. The Balaban J connectivity index is 2.53. The molecular formula is C9H12N4O2. The van der Waals surface area contributed by atoms with E-state index in [0.717, 1.165) is 0 Å². The van der Waals surface area contributed by atoms with Crippen LogP contribution in [0.15, 0.2) is 15.6 Å². The second-order valence-corrected chi connectivity index (χ2v) is 3.04. The maximum Gasteiger partial charge on any atom is 0.254 e. The standard InChI is InChI=1S/C9H12N4O2/c1-6-5-8(7(2)15-6)9(14)11-3-4-12-13-10/h5H,3-4H2,1-2H3,(H,11,14). The lowest BCUT2D eigenvalue weighted by Crippen LogP contribution is -2.26. The Hall–Kier alpha value is -1.94. The molecule has 0 aliphatic rings. The van der Waals surface area contributed by atoms with Crippen molar-refractivity contribution in [3.63, 3.8) is 0 Å². The van der Waals surface area contributed by atoms with E-state index in [9.17, 15) is 4.79 Å². The zero-order valence-corrected chi connectivity index (χ0v) is 8.65.